The Morgan fingerprint density at radius 1 is 1.32 bits per heavy atom. The van der Waals surface area contributed by atoms with E-state index in [1.54, 1.807) is 0 Å². The van der Waals surface area contributed by atoms with Crippen LogP contribution in [0.25, 0.3) is 0 Å². The highest BCUT2D eigenvalue weighted by molar-refractivity contribution is 5.20. The monoisotopic (exact) mass is 264 g/mol. The summed E-state index contributed by atoms with van der Waals surface area (Å²) in [5, 5.41) is 3.44. The van der Waals surface area contributed by atoms with Gasteiger partial charge < -0.3 is 9.73 Å². The van der Waals surface area contributed by atoms with E-state index in [4.69, 9.17) is 4.42 Å². The summed E-state index contributed by atoms with van der Waals surface area (Å²) in [5.74, 6) is 3.80. The summed E-state index contributed by atoms with van der Waals surface area (Å²) in [6.45, 7) is 14.3. The molecule has 2 atom stereocenters. The van der Waals surface area contributed by atoms with E-state index in [0.717, 1.165) is 43.0 Å². The fraction of sp³-hybridized carbons (Fsp3) is 0.750. The van der Waals surface area contributed by atoms with Gasteiger partial charge in [-0.3, -0.25) is 4.90 Å². The first-order valence-corrected chi connectivity index (χ1v) is 7.61. The molecule has 2 rings (SSSR count). The van der Waals surface area contributed by atoms with Crippen LogP contribution in [0.2, 0.25) is 0 Å². The van der Waals surface area contributed by atoms with Gasteiger partial charge in [0.15, 0.2) is 0 Å². The van der Waals surface area contributed by atoms with Gasteiger partial charge in [-0.1, -0.05) is 20.8 Å². The molecular weight excluding hydrogens is 236 g/mol. The van der Waals surface area contributed by atoms with Gasteiger partial charge in [0, 0.05) is 25.2 Å². The van der Waals surface area contributed by atoms with Crippen LogP contribution in [0.5, 0.6) is 0 Å². The zero-order chi connectivity index (χ0) is 13.8. The Balaban J connectivity index is 1.89. The Kier molecular flexibility index (Phi) is 5.06. The lowest BCUT2D eigenvalue weighted by molar-refractivity contribution is 0.283. The average molecular weight is 264 g/mol. The fourth-order valence-corrected chi connectivity index (χ4v) is 2.84. The second kappa shape index (κ2) is 6.58. The molecule has 1 aliphatic heterocycles. The Morgan fingerprint density at radius 3 is 2.63 bits per heavy atom. The SMILES string of the molecule is CCCNCc1cc(CN2CC(C)C(C)C2)oc1C. The minimum absolute atomic E-state index is 0.807. The largest absolute Gasteiger partial charge is 0.465 e. The molecule has 3 nitrogen and oxygen atoms in total. The molecule has 0 spiro atoms. The smallest absolute Gasteiger partial charge is 0.118 e. The quantitative estimate of drug-likeness (QED) is 0.800. The molecule has 1 N–H and O–H groups in total. The predicted octanol–water partition coefficient (Wildman–Crippen LogP) is 3.18. The molecule has 3 heteroatoms. The average Bonchev–Trinajstić information content (AvgIpc) is 2.84. The van der Waals surface area contributed by atoms with Gasteiger partial charge in [-0.25, -0.2) is 0 Å². The number of nitrogens with one attached hydrogen (secondary N) is 1. The van der Waals surface area contributed by atoms with Crippen molar-refractivity contribution in [3.63, 3.8) is 0 Å². The van der Waals surface area contributed by atoms with E-state index >= 15 is 0 Å². The van der Waals surface area contributed by atoms with Crippen molar-refractivity contribution in [2.45, 2.75) is 47.2 Å². The van der Waals surface area contributed by atoms with Gasteiger partial charge in [0.05, 0.1) is 6.54 Å². The molecule has 0 radical (unpaired) electrons. The first-order valence-electron chi connectivity index (χ1n) is 7.61. The van der Waals surface area contributed by atoms with Crippen molar-refractivity contribution in [3.05, 3.63) is 23.2 Å². The van der Waals surface area contributed by atoms with Crippen LogP contribution in [0.3, 0.4) is 0 Å². The maximum atomic E-state index is 5.90. The lowest BCUT2D eigenvalue weighted by Crippen LogP contribution is -2.19. The molecule has 19 heavy (non-hydrogen) atoms. The molecule has 1 aromatic rings. The van der Waals surface area contributed by atoms with Crippen LogP contribution in [0.15, 0.2) is 10.5 Å². The van der Waals surface area contributed by atoms with Crippen LogP contribution in [0, 0.1) is 18.8 Å². The first kappa shape index (κ1) is 14.6. The third-order valence-corrected chi connectivity index (χ3v) is 4.26. The third-order valence-electron chi connectivity index (χ3n) is 4.26. The minimum Gasteiger partial charge on any atom is -0.465 e. The van der Waals surface area contributed by atoms with Gasteiger partial charge in [0.1, 0.15) is 11.5 Å². The number of hydrogen-bond donors (Lipinski definition) is 1. The van der Waals surface area contributed by atoms with Crippen LogP contribution in [-0.2, 0) is 13.1 Å². The highest BCUT2D eigenvalue weighted by Gasteiger charge is 2.26. The van der Waals surface area contributed by atoms with Gasteiger partial charge in [-0.2, -0.15) is 0 Å². The van der Waals surface area contributed by atoms with Crippen molar-refractivity contribution >= 4 is 0 Å². The van der Waals surface area contributed by atoms with Crippen LogP contribution >= 0.6 is 0 Å². The van der Waals surface area contributed by atoms with E-state index in [9.17, 15) is 0 Å². The molecule has 2 heterocycles. The van der Waals surface area contributed by atoms with E-state index in [-0.39, 0.29) is 0 Å². The Morgan fingerprint density at radius 2 is 2.00 bits per heavy atom. The number of aryl methyl sites for hydroxylation is 1. The van der Waals surface area contributed by atoms with Crippen molar-refractivity contribution in [1.82, 2.24) is 10.2 Å². The fourth-order valence-electron chi connectivity index (χ4n) is 2.84. The van der Waals surface area contributed by atoms with Crippen LogP contribution < -0.4 is 5.32 Å². The maximum Gasteiger partial charge on any atom is 0.118 e. The van der Waals surface area contributed by atoms with Gasteiger partial charge in [-0.05, 0) is 37.8 Å². The molecule has 0 bridgehead atoms. The zero-order valence-corrected chi connectivity index (χ0v) is 12.8. The van der Waals surface area contributed by atoms with E-state index < -0.39 is 0 Å². The third kappa shape index (κ3) is 3.83. The Bertz CT molecular complexity index is 389. The van der Waals surface area contributed by atoms with Crippen LogP contribution in [-0.4, -0.2) is 24.5 Å². The van der Waals surface area contributed by atoms with Crippen molar-refractivity contribution in [3.8, 4) is 0 Å². The van der Waals surface area contributed by atoms with Gasteiger partial charge in [0.25, 0.3) is 0 Å². The second-order valence-electron chi connectivity index (χ2n) is 6.12. The molecule has 1 fully saturated rings. The van der Waals surface area contributed by atoms with E-state index in [1.165, 1.54) is 25.1 Å². The molecule has 1 saturated heterocycles. The van der Waals surface area contributed by atoms with Crippen molar-refractivity contribution < 1.29 is 4.42 Å². The highest BCUT2D eigenvalue weighted by Crippen LogP contribution is 2.25. The highest BCUT2D eigenvalue weighted by atomic mass is 16.3. The van der Waals surface area contributed by atoms with Gasteiger partial charge in [0.2, 0.25) is 0 Å². The molecule has 0 aromatic carbocycles. The van der Waals surface area contributed by atoms with Gasteiger partial charge in [-0.15, -0.1) is 0 Å². The maximum absolute atomic E-state index is 5.90. The molecular formula is C16H28N2O. The summed E-state index contributed by atoms with van der Waals surface area (Å²) < 4.78 is 5.90. The zero-order valence-electron chi connectivity index (χ0n) is 12.8. The number of likely N-dealkylation sites (tertiary alicyclic amines) is 1. The van der Waals surface area contributed by atoms with Crippen molar-refractivity contribution in [1.29, 1.82) is 0 Å². The predicted molar refractivity (Wildman–Crippen MR) is 79.0 cm³/mol. The van der Waals surface area contributed by atoms with Crippen LogP contribution in [0.1, 0.15) is 44.3 Å². The lowest BCUT2D eigenvalue weighted by atomic mass is 10.0. The lowest BCUT2D eigenvalue weighted by Gasteiger charge is -2.12. The van der Waals surface area contributed by atoms with Crippen LogP contribution in [0.4, 0.5) is 0 Å². The summed E-state index contributed by atoms with van der Waals surface area (Å²) >= 11 is 0. The summed E-state index contributed by atoms with van der Waals surface area (Å²) in [4.78, 5) is 2.51. The Labute approximate surface area is 117 Å². The summed E-state index contributed by atoms with van der Waals surface area (Å²) in [5.41, 5.74) is 1.31. The minimum atomic E-state index is 0.807. The van der Waals surface area contributed by atoms with Crippen molar-refractivity contribution in [2.75, 3.05) is 19.6 Å². The summed E-state index contributed by atoms with van der Waals surface area (Å²) in [7, 11) is 0. The topological polar surface area (TPSA) is 28.4 Å². The number of furan rings is 1. The number of nitrogens with zero attached hydrogens (tertiary/aromatic N) is 1. The molecule has 0 saturated carbocycles. The first-order chi connectivity index (χ1) is 9.10. The molecule has 2 unspecified atom stereocenters. The summed E-state index contributed by atoms with van der Waals surface area (Å²) in [6, 6.07) is 2.23. The van der Waals surface area contributed by atoms with E-state index in [1.807, 2.05) is 0 Å². The molecule has 1 aromatic heterocycles. The molecule has 0 amide bonds. The Hall–Kier alpha value is -0.800. The number of hydrogen-bond acceptors (Lipinski definition) is 3. The molecule has 1 aliphatic rings. The molecule has 108 valence electrons. The normalized spacial score (nSPS) is 24.2. The number of rotatable bonds is 6. The molecule has 0 aliphatic carbocycles. The van der Waals surface area contributed by atoms with E-state index in [2.05, 4.69) is 44.0 Å². The van der Waals surface area contributed by atoms with Gasteiger partial charge >= 0.3 is 0 Å². The standard InChI is InChI=1S/C16H28N2O/c1-5-6-17-8-15-7-16(19-14(15)4)11-18-9-12(2)13(3)10-18/h7,12-13,17H,5-6,8-11H2,1-4H3. The van der Waals surface area contributed by atoms with Crippen molar-refractivity contribution in [2.24, 2.45) is 11.8 Å². The summed E-state index contributed by atoms with van der Waals surface area (Å²) in [6.07, 6.45) is 1.17. The second-order valence-corrected chi connectivity index (χ2v) is 6.12. The van der Waals surface area contributed by atoms with E-state index in [0.29, 0.717) is 0 Å².